The van der Waals surface area contributed by atoms with E-state index in [0.717, 1.165) is 5.56 Å². The number of thioether (sulfide) groups is 1. The normalized spacial score (nSPS) is 12.0. The van der Waals surface area contributed by atoms with Gasteiger partial charge in [-0.1, -0.05) is 18.2 Å². The third-order valence-corrected chi connectivity index (χ3v) is 2.41. The number of nitriles is 1. The molecule has 0 amide bonds. The van der Waals surface area contributed by atoms with E-state index in [1.165, 1.54) is 6.07 Å². The minimum Gasteiger partial charge on any atom is -0.411 e. The number of hydrogen-bond donors (Lipinski definition) is 0. The lowest BCUT2D eigenvalue weighted by Gasteiger charge is -1.93. The highest BCUT2D eigenvalue weighted by Crippen LogP contribution is 2.26. The van der Waals surface area contributed by atoms with Gasteiger partial charge in [0.1, 0.15) is 6.07 Å². The molecule has 0 spiro atoms. The smallest absolute Gasteiger partial charge is 0.280 e. The first-order valence-electron chi connectivity index (χ1n) is 4.39. The van der Waals surface area contributed by atoms with Crippen molar-refractivity contribution in [1.82, 2.24) is 10.2 Å². The molecule has 0 fully saturated rings. The Balaban J connectivity index is 2.18. The third kappa shape index (κ3) is 2.38. The zero-order chi connectivity index (χ0) is 11.4. The Hall–Kier alpha value is -1.87. The van der Waals surface area contributed by atoms with Crippen LogP contribution in [0.4, 0.5) is 4.39 Å². The van der Waals surface area contributed by atoms with Gasteiger partial charge in [0.2, 0.25) is 11.4 Å². The standard InChI is InChI=1S/C10H6FN3OS/c11-8(6-12)16-10-14-13-9(15-10)7-4-2-1-3-5-7/h1-5,8H. The molecule has 0 saturated heterocycles. The van der Waals surface area contributed by atoms with Gasteiger partial charge in [-0.3, -0.25) is 0 Å². The van der Waals surface area contributed by atoms with Crippen LogP contribution in [0, 0.1) is 11.3 Å². The van der Waals surface area contributed by atoms with Crippen molar-refractivity contribution in [2.45, 2.75) is 10.7 Å². The summed E-state index contributed by atoms with van der Waals surface area (Å²) in [5.74, 6) is 0.313. The van der Waals surface area contributed by atoms with Gasteiger partial charge in [-0.2, -0.15) is 5.26 Å². The first-order valence-corrected chi connectivity index (χ1v) is 5.27. The highest BCUT2D eigenvalue weighted by Gasteiger charge is 2.13. The maximum absolute atomic E-state index is 12.7. The van der Waals surface area contributed by atoms with E-state index in [9.17, 15) is 4.39 Å². The minimum atomic E-state index is -1.69. The molecule has 2 rings (SSSR count). The molecule has 0 bridgehead atoms. The Morgan fingerprint density at radius 1 is 1.31 bits per heavy atom. The molecule has 0 N–H and O–H groups in total. The van der Waals surface area contributed by atoms with Crippen molar-refractivity contribution in [2.24, 2.45) is 0 Å². The number of benzene rings is 1. The first kappa shape index (κ1) is 10.6. The molecule has 1 aromatic heterocycles. The molecule has 0 saturated carbocycles. The Bertz CT molecular complexity index is 508. The fourth-order valence-corrected chi connectivity index (χ4v) is 1.51. The lowest BCUT2D eigenvalue weighted by Crippen LogP contribution is -1.86. The van der Waals surface area contributed by atoms with Crippen LogP contribution >= 0.6 is 11.8 Å². The van der Waals surface area contributed by atoms with Crippen LogP contribution in [0.1, 0.15) is 0 Å². The van der Waals surface area contributed by atoms with Gasteiger partial charge in [-0.25, -0.2) is 4.39 Å². The topological polar surface area (TPSA) is 62.7 Å². The van der Waals surface area contributed by atoms with Crippen LogP contribution in [0.5, 0.6) is 0 Å². The highest BCUT2D eigenvalue weighted by molar-refractivity contribution is 7.99. The van der Waals surface area contributed by atoms with Crippen molar-refractivity contribution in [2.75, 3.05) is 0 Å². The van der Waals surface area contributed by atoms with Gasteiger partial charge in [0.15, 0.2) is 0 Å². The number of hydrogen-bond acceptors (Lipinski definition) is 5. The molecule has 1 atom stereocenters. The summed E-state index contributed by atoms with van der Waals surface area (Å²) < 4.78 is 17.9. The van der Waals surface area contributed by atoms with Gasteiger partial charge in [-0.15, -0.1) is 10.2 Å². The number of rotatable bonds is 3. The summed E-state index contributed by atoms with van der Waals surface area (Å²) >= 11 is 0.591. The van der Waals surface area contributed by atoms with Crippen molar-refractivity contribution >= 4 is 11.8 Å². The monoisotopic (exact) mass is 235 g/mol. The minimum absolute atomic E-state index is 0.0490. The summed E-state index contributed by atoms with van der Waals surface area (Å²) in [6, 6.07) is 10.6. The zero-order valence-corrected chi connectivity index (χ0v) is 8.82. The van der Waals surface area contributed by atoms with E-state index in [0.29, 0.717) is 17.7 Å². The van der Waals surface area contributed by atoms with Crippen molar-refractivity contribution < 1.29 is 8.81 Å². The lowest BCUT2D eigenvalue weighted by atomic mass is 10.2. The largest absolute Gasteiger partial charge is 0.411 e. The second-order valence-electron chi connectivity index (χ2n) is 2.80. The van der Waals surface area contributed by atoms with Crippen molar-refractivity contribution in [1.29, 1.82) is 5.26 Å². The van der Waals surface area contributed by atoms with Crippen LogP contribution in [0.15, 0.2) is 40.0 Å². The maximum Gasteiger partial charge on any atom is 0.280 e. The van der Waals surface area contributed by atoms with Crippen LogP contribution in [-0.4, -0.2) is 15.7 Å². The quantitative estimate of drug-likeness (QED) is 0.765. The van der Waals surface area contributed by atoms with Crippen molar-refractivity contribution in [3.05, 3.63) is 30.3 Å². The summed E-state index contributed by atoms with van der Waals surface area (Å²) in [7, 11) is 0. The fraction of sp³-hybridized carbons (Fsp3) is 0.100. The average molecular weight is 235 g/mol. The van der Waals surface area contributed by atoms with Crippen LogP contribution in [0.2, 0.25) is 0 Å². The average Bonchev–Trinajstić information content (AvgIpc) is 2.78. The summed E-state index contributed by atoms with van der Waals surface area (Å²) in [6.45, 7) is 0. The molecule has 6 heteroatoms. The van der Waals surface area contributed by atoms with E-state index in [4.69, 9.17) is 9.68 Å². The Morgan fingerprint density at radius 2 is 2.06 bits per heavy atom. The molecular formula is C10H6FN3OS. The number of halogens is 1. The second kappa shape index (κ2) is 4.77. The molecule has 0 radical (unpaired) electrons. The molecule has 16 heavy (non-hydrogen) atoms. The summed E-state index contributed by atoms with van der Waals surface area (Å²) in [6.07, 6.45) is 0. The van der Waals surface area contributed by atoms with E-state index in [-0.39, 0.29) is 5.22 Å². The SMILES string of the molecule is N#CC(F)Sc1nnc(-c2ccccc2)o1. The Morgan fingerprint density at radius 3 is 2.75 bits per heavy atom. The fourth-order valence-electron chi connectivity index (χ4n) is 1.07. The van der Waals surface area contributed by atoms with E-state index in [1.54, 1.807) is 12.1 Å². The second-order valence-corrected chi connectivity index (χ2v) is 3.80. The Kier molecular flexibility index (Phi) is 3.17. The molecule has 1 unspecified atom stereocenters. The van der Waals surface area contributed by atoms with Gasteiger partial charge in [0.05, 0.1) is 0 Å². The zero-order valence-electron chi connectivity index (χ0n) is 8.00. The molecule has 2 aromatic rings. The molecule has 1 heterocycles. The highest BCUT2D eigenvalue weighted by atomic mass is 32.2. The molecule has 0 aliphatic carbocycles. The predicted molar refractivity (Wildman–Crippen MR) is 56.1 cm³/mol. The molecular weight excluding hydrogens is 229 g/mol. The van der Waals surface area contributed by atoms with E-state index >= 15 is 0 Å². The lowest BCUT2D eigenvalue weighted by molar-refractivity contribution is 0.456. The third-order valence-electron chi connectivity index (χ3n) is 1.73. The van der Waals surface area contributed by atoms with Crippen molar-refractivity contribution in [3.8, 4) is 17.5 Å². The molecule has 1 aromatic carbocycles. The Labute approximate surface area is 95.1 Å². The van der Waals surface area contributed by atoms with Crippen LogP contribution in [0.25, 0.3) is 11.5 Å². The van der Waals surface area contributed by atoms with E-state index in [1.807, 2.05) is 18.2 Å². The van der Waals surface area contributed by atoms with E-state index in [2.05, 4.69) is 10.2 Å². The van der Waals surface area contributed by atoms with Crippen molar-refractivity contribution in [3.63, 3.8) is 0 Å². The number of aromatic nitrogens is 2. The van der Waals surface area contributed by atoms with Gasteiger partial charge in [-0.05, 0) is 23.9 Å². The summed E-state index contributed by atoms with van der Waals surface area (Å²) in [5, 5.41) is 15.7. The molecule has 80 valence electrons. The summed E-state index contributed by atoms with van der Waals surface area (Å²) in [4.78, 5) is 0. The molecule has 0 aliphatic heterocycles. The molecule has 4 nitrogen and oxygen atoms in total. The van der Waals surface area contributed by atoms with Gasteiger partial charge >= 0.3 is 0 Å². The molecule has 0 aliphatic rings. The first-order chi connectivity index (χ1) is 7.79. The number of nitrogens with zero attached hydrogens (tertiary/aromatic N) is 3. The number of alkyl halides is 1. The summed E-state index contributed by atoms with van der Waals surface area (Å²) in [5.41, 5.74) is -0.932. The van der Waals surface area contributed by atoms with E-state index < -0.39 is 5.50 Å². The predicted octanol–water partition coefficient (Wildman–Crippen LogP) is 2.65. The van der Waals surface area contributed by atoms with Gasteiger partial charge < -0.3 is 4.42 Å². The van der Waals surface area contributed by atoms with Crippen LogP contribution in [0.3, 0.4) is 0 Å². The van der Waals surface area contributed by atoms with Gasteiger partial charge in [0.25, 0.3) is 5.22 Å². The maximum atomic E-state index is 12.7. The van der Waals surface area contributed by atoms with Crippen LogP contribution < -0.4 is 0 Å². The van der Waals surface area contributed by atoms with Crippen LogP contribution in [-0.2, 0) is 0 Å². The van der Waals surface area contributed by atoms with Gasteiger partial charge in [0, 0.05) is 5.56 Å².